The molecular formula is C15H28N2O2. The second-order valence-corrected chi connectivity index (χ2v) is 6.99. The van der Waals surface area contributed by atoms with Crippen molar-refractivity contribution in [3.8, 4) is 0 Å². The molecular weight excluding hydrogens is 240 g/mol. The lowest BCUT2D eigenvalue weighted by molar-refractivity contribution is -0.159. The predicted octanol–water partition coefficient (Wildman–Crippen LogP) is 1.78. The largest absolute Gasteiger partial charge is 0.377 e. The number of hydrogen-bond donors (Lipinski definition) is 1. The van der Waals surface area contributed by atoms with E-state index in [0.717, 1.165) is 31.6 Å². The van der Waals surface area contributed by atoms with Crippen molar-refractivity contribution >= 4 is 5.91 Å². The summed E-state index contributed by atoms with van der Waals surface area (Å²) in [7, 11) is 0. The van der Waals surface area contributed by atoms with Gasteiger partial charge in [-0.05, 0) is 45.4 Å². The molecule has 0 bridgehead atoms. The van der Waals surface area contributed by atoms with Crippen molar-refractivity contribution in [3.05, 3.63) is 0 Å². The Labute approximate surface area is 116 Å². The normalized spacial score (nSPS) is 35.2. The Kier molecular flexibility index (Phi) is 4.21. The molecule has 1 aliphatic heterocycles. The molecule has 0 aromatic heterocycles. The minimum Gasteiger partial charge on any atom is -0.377 e. The van der Waals surface area contributed by atoms with Crippen LogP contribution in [0.4, 0.5) is 0 Å². The van der Waals surface area contributed by atoms with Crippen LogP contribution in [0.25, 0.3) is 0 Å². The van der Waals surface area contributed by atoms with Gasteiger partial charge in [-0.1, -0.05) is 6.92 Å². The van der Waals surface area contributed by atoms with Crippen LogP contribution < -0.4 is 5.73 Å². The second-order valence-electron chi connectivity index (χ2n) is 6.99. The maximum absolute atomic E-state index is 13.0. The lowest BCUT2D eigenvalue weighted by Gasteiger charge is -2.48. The summed E-state index contributed by atoms with van der Waals surface area (Å²) >= 11 is 0. The maximum atomic E-state index is 13.0. The summed E-state index contributed by atoms with van der Waals surface area (Å²) in [6, 6.07) is 0. The zero-order valence-corrected chi connectivity index (χ0v) is 12.6. The van der Waals surface area contributed by atoms with Gasteiger partial charge < -0.3 is 15.4 Å². The smallest absolute Gasteiger partial charge is 0.230 e. The van der Waals surface area contributed by atoms with Gasteiger partial charge in [0.1, 0.15) is 0 Å². The number of nitrogens with two attached hydrogens (primary N) is 1. The fourth-order valence-corrected chi connectivity index (χ4v) is 3.34. The van der Waals surface area contributed by atoms with Crippen molar-refractivity contribution in [2.75, 3.05) is 26.3 Å². The van der Waals surface area contributed by atoms with Crippen LogP contribution in [-0.2, 0) is 9.53 Å². The van der Waals surface area contributed by atoms with Crippen LogP contribution in [0, 0.1) is 11.3 Å². The van der Waals surface area contributed by atoms with E-state index in [-0.39, 0.29) is 16.9 Å². The first-order valence-electron chi connectivity index (χ1n) is 7.51. The summed E-state index contributed by atoms with van der Waals surface area (Å²) in [5, 5.41) is 0. The first-order chi connectivity index (χ1) is 8.91. The van der Waals surface area contributed by atoms with Crippen LogP contribution in [0.5, 0.6) is 0 Å². The molecule has 19 heavy (non-hydrogen) atoms. The predicted molar refractivity (Wildman–Crippen MR) is 75.7 cm³/mol. The molecule has 0 unspecified atom stereocenters. The number of amides is 1. The van der Waals surface area contributed by atoms with Gasteiger partial charge in [0.15, 0.2) is 0 Å². The molecule has 1 heterocycles. The van der Waals surface area contributed by atoms with E-state index in [2.05, 4.69) is 20.8 Å². The average Bonchev–Trinajstić information content (AvgIpc) is 2.39. The van der Waals surface area contributed by atoms with Gasteiger partial charge in [0.2, 0.25) is 5.91 Å². The molecule has 1 amide bonds. The Morgan fingerprint density at radius 2 is 2.00 bits per heavy atom. The van der Waals surface area contributed by atoms with E-state index in [1.54, 1.807) is 0 Å². The lowest BCUT2D eigenvalue weighted by atomic mass is 9.69. The Bertz CT molecular complexity index is 333. The van der Waals surface area contributed by atoms with Crippen molar-refractivity contribution in [2.45, 2.75) is 52.0 Å². The molecule has 0 aromatic rings. The minimum absolute atomic E-state index is 0.208. The Morgan fingerprint density at radius 1 is 1.37 bits per heavy atom. The standard InChI is InChI=1S/C15H28N2O2/c1-12-4-6-15(10-16,7-5-12)13(18)17-8-9-19-11-14(17,2)3/h12H,4-11,16H2,1-3H3. The summed E-state index contributed by atoms with van der Waals surface area (Å²) in [6.07, 6.45) is 4.12. The summed E-state index contributed by atoms with van der Waals surface area (Å²) < 4.78 is 5.51. The van der Waals surface area contributed by atoms with Crippen molar-refractivity contribution in [2.24, 2.45) is 17.1 Å². The third-order valence-electron chi connectivity index (χ3n) is 4.97. The van der Waals surface area contributed by atoms with E-state index in [1.807, 2.05) is 4.90 Å². The molecule has 1 saturated heterocycles. The van der Waals surface area contributed by atoms with Crippen LogP contribution >= 0.6 is 0 Å². The van der Waals surface area contributed by atoms with E-state index >= 15 is 0 Å². The summed E-state index contributed by atoms with van der Waals surface area (Å²) in [4.78, 5) is 15.0. The maximum Gasteiger partial charge on any atom is 0.230 e. The van der Waals surface area contributed by atoms with Crippen molar-refractivity contribution in [1.29, 1.82) is 0 Å². The molecule has 4 nitrogen and oxygen atoms in total. The molecule has 1 aliphatic carbocycles. The highest BCUT2D eigenvalue weighted by atomic mass is 16.5. The number of nitrogens with zero attached hydrogens (tertiary/aromatic N) is 1. The first kappa shape index (κ1) is 14.8. The summed E-state index contributed by atoms with van der Waals surface area (Å²) in [5.74, 6) is 0.986. The van der Waals surface area contributed by atoms with E-state index in [4.69, 9.17) is 10.5 Å². The zero-order chi connectivity index (χ0) is 14.1. The van der Waals surface area contributed by atoms with Crippen LogP contribution in [0.2, 0.25) is 0 Å². The fourth-order valence-electron chi connectivity index (χ4n) is 3.34. The Morgan fingerprint density at radius 3 is 2.53 bits per heavy atom. The number of carbonyl (C=O) groups excluding carboxylic acids is 1. The third-order valence-corrected chi connectivity index (χ3v) is 4.97. The summed E-state index contributed by atoms with van der Waals surface area (Å²) in [5.41, 5.74) is 5.47. The van der Waals surface area contributed by atoms with Gasteiger partial charge in [-0.2, -0.15) is 0 Å². The second kappa shape index (κ2) is 5.41. The van der Waals surface area contributed by atoms with E-state index in [0.29, 0.717) is 26.3 Å². The molecule has 1 saturated carbocycles. The highest BCUT2D eigenvalue weighted by Gasteiger charge is 2.46. The SMILES string of the molecule is CC1CCC(CN)(C(=O)N2CCOCC2(C)C)CC1. The molecule has 0 radical (unpaired) electrons. The highest BCUT2D eigenvalue weighted by molar-refractivity contribution is 5.84. The molecule has 110 valence electrons. The number of morpholine rings is 1. The molecule has 0 aromatic carbocycles. The molecule has 2 fully saturated rings. The summed E-state index contributed by atoms with van der Waals surface area (Å²) in [6.45, 7) is 8.88. The quantitative estimate of drug-likeness (QED) is 0.830. The minimum atomic E-state index is -0.318. The Hall–Kier alpha value is -0.610. The number of carbonyl (C=O) groups is 1. The topological polar surface area (TPSA) is 55.6 Å². The van der Waals surface area contributed by atoms with Crippen LogP contribution in [0.1, 0.15) is 46.5 Å². The van der Waals surface area contributed by atoms with Gasteiger partial charge in [-0.3, -0.25) is 4.79 Å². The average molecular weight is 268 g/mol. The molecule has 2 N–H and O–H groups in total. The van der Waals surface area contributed by atoms with Gasteiger partial charge in [-0.15, -0.1) is 0 Å². The molecule has 0 atom stereocenters. The molecule has 0 spiro atoms. The molecule has 2 aliphatic rings. The van der Waals surface area contributed by atoms with Crippen LogP contribution in [0.3, 0.4) is 0 Å². The van der Waals surface area contributed by atoms with E-state index in [9.17, 15) is 4.79 Å². The lowest BCUT2D eigenvalue weighted by Crippen LogP contribution is -2.61. The monoisotopic (exact) mass is 268 g/mol. The third kappa shape index (κ3) is 2.79. The van der Waals surface area contributed by atoms with E-state index in [1.165, 1.54) is 0 Å². The van der Waals surface area contributed by atoms with Gasteiger partial charge >= 0.3 is 0 Å². The molecule has 4 heteroatoms. The Balaban J connectivity index is 2.16. The van der Waals surface area contributed by atoms with Gasteiger partial charge in [0.25, 0.3) is 0 Å². The van der Waals surface area contributed by atoms with Crippen molar-refractivity contribution in [1.82, 2.24) is 4.90 Å². The highest BCUT2D eigenvalue weighted by Crippen LogP contribution is 2.41. The number of rotatable bonds is 2. The number of hydrogen-bond acceptors (Lipinski definition) is 3. The van der Waals surface area contributed by atoms with Crippen LogP contribution in [-0.4, -0.2) is 42.6 Å². The fraction of sp³-hybridized carbons (Fsp3) is 0.933. The van der Waals surface area contributed by atoms with Crippen molar-refractivity contribution < 1.29 is 9.53 Å². The zero-order valence-electron chi connectivity index (χ0n) is 12.6. The number of ether oxygens (including phenoxy) is 1. The van der Waals surface area contributed by atoms with Gasteiger partial charge in [0.05, 0.1) is 24.2 Å². The van der Waals surface area contributed by atoms with Gasteiger partial charge in [-0.25, -0.2) is 0 Å². The van der Waals surface area contributed by atoms with Crippen LogP contribution in [0.15, 0.2) is 0 Å². The first-order valence-corrected chi connectivity index (χ1v) is 7.51. The van der Waals surface area contributed by atoms with Crippen molar-refractivity contribution in [3.63, 3.8) is 0 Å². The van der Waals surface area contributed by atoms with E-state index < -0.39 is 0 Å². The van der Waals surface area contributed by atoms with Gasteiger partial charge in [0, 0.05) is 13.1 Å². The molecule has 2 rings (SSSR count).